The summed E-state index contributed by atoms with van der Waals surface area (Å²) >= 11 is 1.40. The SMILES string of the molecule is COc1ccc(CN(C(=O)CSc2nncn2-c2ccc(OC)cc2)C2CC2)cc1. The average Bonchev–Trinajstić information content (AvgIpc) is 3.53. The molecular formula is C22H24N4O3S. The predicted molar refractivity (Wildman–Crippen MR) is 115 cm³/mol. The normalized spacial score (nSPS) is 13.1. The molecule has 1 aliphatic carbocycles. The largest absolute Gasteiger partial charge is 0.497 e. The van der Waals surface area contributed by atoms with Crippen molar-refractivity contribution >= 4 is 17.7 Å². The minimum Gasteiger partial charge on any atom is -0.497 e. The third-order valence-corrected chi connectivity index (χ3v) is 5.94. The van der Waals surface area contributed by atoms with Crippen molar-refractivity contribution in [3.63, 3.8) is 0 Å². The number of amides is 1. The van der Waals surface area contributed by atoms with E-state index in [0.717, 1.165) is 35.6 Å². The number of benzene rings is 2. The van der Waals surface area contributed by atoms with E-state index in [1.165, 1.54) is 11.8 Å². The maximum atomic E-state index is 13.0. The number of hydrogen-bond donors (Lipinski definition) is 0. The molecule has 156 valence electrons. The molecule has 0 aliphatic heterocycles. The topological polar surface area (TPSA) is 69.5 Å². The first kappa shape index (κ1) is 20.3. The van der Waals surface area contributed by atoms with Crippen LogP contribution >= 0.6 is 11.8 Å². The molecule has 30 heavy (non-hydrogen) atoms. The van der Waals surface area contributed by atoms with E-state index in [-0.39, 0.29) is 5.91 Å². The summed E-state index contributed by atoms with van der Waals surface area (Å²) in [5, 5.41) is 8.90. The van der Waals surface area contributed by atoms with E-state index in [1.807, 2.05) is 58.0 Å². The van der Waals surface area contributed by atoms with Crippen molar-refractivity contribution in [1.82, 2.24) is 19.7 Å². The molecule has 1 aliphatic rings. The van der Waals surface area contributed by atoms with Crippen LogP contribution in [-0.2, 0) is 11.3 Å². The van der Waals surface area contributed by atoms with Crippen LogP contribution in [0.25, 0.3) is 5.69 Å². The molecule has 1 fully saturated rings. The Kier molecular flexibility index (Phi) is 6.23. The summed E-state index contributed by atoms with van der Waals surface area (Å²) in [6.45, 7) is 0.610. The highest BCUT2D eigenvalue weighted by atomic mass is 32.2. The van der Waals surface area contributed by atoms with Gasteiger partial charge in [0.15, 0.2) is 5.16 Å². The number of aromatic nitrogens is 3. The Bertz CT molecular complexity index is 984. The highest BCUT2D eigenvalue weighted by Gasteiger charge is 2.32. The quantitative estimate of drug-likeness (QED) is 0.489. The average molecular weight is 425 g/mol. The number of ether oxygens (including phenoxy) is 2. The molecule has 4 rings (SSSR count). The minimum atomic E-state index is 0.114. The van der Waals surface area contributed by atoms with Crippen LogP contribution in [-0.4, -0.2) is 51.6 Å². The number of thioether (sulfide) groups is 1. The molecule has 8 heteroatoms. The Morgan fingerprint density at radius 1 is 1.07 bits per heavy atom. The summed E-state index contributed by atoms with van der Waals surface area (Å²) in [4.78, 5) is 15.0. The molecule has 0 bridgehead atoms. The van der Waals surface area contributed by atoms with Crippen LogP contribution in [0.4, 0.5) is 0 Å². The summed E-state index contributed by atoms with van der Waals surface area (Å²) < 4.78 is 12.3. The van der Waals surface area contributed by atoms with Gasteiger partial charge in [-0.05, 0) is 54.8 Å². The number of carbonyl (C=O) groups excluding carboxylic acids is 1. The van der Waals surface area contributed by atoms with E-state index in [4.69, 9.17) is 9.47 Å². The van der Waals surface area contributed by atoms with Crippen LogP contribution < -0.4 is 9.47 Å². The molecule has 2 aromatic carbocycles. The lowest BCUT2D eigenvalue weighted by atomic mass is 10.2. The molecule has 1 heterocycles. The minimum absolute atomic E-state index is 0.114. The van der Waals surface area contributed by atoms with Crippen molar-refractivity contribution in [3.05, 3.63) is 60.4 Å². The van der Waals surface area contributed by atoms with Gasteiger partial charge in [-0.1, -0.05) is 23.9 Å². The predicted octanol–water partition coefficient (Wildman–Crippen LogP) is 3.57. The van der Waals surface area contributed by atoms with E-state index in [0.29, 0.717) is 23.5 Å². The molecule has 1 saturated carbocycles. The lowest BCUT2D eigenvalue weighted by molar-refractivity contribution is -0.129. The first-order valence-electron chi connectivity index (χ1n) is 9.77. The van der Waals surface area contributed by atoms with Gasteiger partial charge in [0.1, 0.15) is 17.8 Å². The third kappa shape index (κ3) is 4.76. The standard InChI is InChI=1S/C22H24N4O3S/c1-28-19-9-3-16(4-10-19)13-25(17-5-6-17)21(27)14-30-22-24-23-15-26(22)18-7-11-20(29-2)12-8-18/h3-4,7-12,15,17H,5-6,13-14H2,1-2H3. The second-order valence-corrected chi connectivity index (χ2v) is 8.01. The number of rotatable bonds is 9. The van der Waals surface area contributed by atoms with Crippen molar-refractivity contribution in [3.8, 4) is 17.2 Å². The number of carbonyl (C=O) groups is 1. The van der Waals surface area contributed by atoms with Crippen LogP contribution in [0.3, 0.4) is 0 Å². The van der Waals surface area contributed by atoms with Crippen molar-refractivity contribution in [2.45, 2.75) is 30.6 Å². The molecule has 0 spiro atoms. The van der Waals surface area contributed by atoms with E-state index in [9.17, 15) is 4.79 Å². The summed E-state index contributed by atoms with van der Waals surface area (Å²) in [7, 11) is 3.29. The molecular weight excluding hydrogens is 400 g/mol. The molecule has 0 atom stereocenters. The van der Waals surface area contributed by atoms with Crippen LogP contribution in [0.2, 0.25) is 0 Å². The fourth-order valence-corrected chi connectivity index (χ4v) is 4.00. The van der Waals surface area contributed by atoms with Crippen molar-refractivity contribution in [2.75, 3.05) is 20.0 Å². The monoisotopic (exact) mass is 424 g/mol. The molecule has 7 nitrogen and oxygen atoms in total. The van der Waals surface area contributed by atoms with E-state index < -0.39 is 0 Å². The molecule has 3 aromatic rings. The maximum Gasteiger partial charge on any atom is 0.233 e. The van der Waals surface area contributed by atoms with Crippen molar-refractivity contribution < 1.29 is 14.3 Å². The molecule has 0 unspecified atom stereocenters. The molecule has 1 aromatic heterocycles. The van der Waals surface area contributed by atoms with Gasteiger partial charge in [0, 0.05) is 18.3 Å². The smallest absolute Gasteiger partial charge is 0.233 e. The molecule has 1 amide bonds. The fraction of sp³-hybridized carbons (Fsp3) is 0.318. The highest BCUT2D eigenvalue weighted by molar-refractivity contribution is 7.99. The number of nitrogens with zero attached hydrogens (tertiary/aromatic N) is 4. The lowest BCUT2D eigenvalue weighted by Gasteiger charge is -2.22. The summed E-state index contributed by atoms with van der Waals surface area (Å²) in [6.07, 6.45) is 3.79. The van der Waals surface area contributed by atoms with Crippen LogP contribution in [0.1, 0.15) is 18.4 Å². The van der Waals surface area contributed by atoms with Crippen LogP contribution in [0, 0.1) is 0 Å². The molecule has 0 radical (unpaired) electrons. The van der Waals surface area contributed by atoms with Crippen molar-refractivity contribution in [1.29, 1.82) is 0 Å². The summed E-state index contributed by atoms with van der Waals surface area (Å²) in [6, 6.07) is 15.9. The van der Waals surface area contributed by atoms with Gasteiger partial charge in [0.2, 0.25) is 5.91 Å². The highest BCUT2D eigenvalue weighted by Crippen LogP contribution is 2.30. The third-order valence-electron chi connectivity index (χ3n) is 5.01. The van der Waals surface area contributed by atoms with Gasteiger partial charge in [-0.3, -0.25) is 9.36 Å². The Morgan fingerprint density at radius 3 is 2.30 bits per heavy atom. The van der Waals surface area contributed by atoms with Gasteiger partial charge in [-0.2, -0.15) is 0 Å². The van der Waals surface area contributed by atoms with E-state index in [1.54, 1.807) is 20.5 Å². The Morgan fingerprint density at radius 2 is 1.70 bits per heavy atom. The zero-order valence-corrected chi connectivity index (χ0v) is 17.8. The first-order chi connectivity index (χ1) is 14.7. The summed E-state index contributed by atoms with van der Waals surface area (Å²) in [5.74, 6) is 2.04. The Labute approximate surface area is 180 Å². The van der Waals surface area contributed by atoms with Gasteiger partial charge in [0.25, 0.3) is 0 Å². The molecule has 0 saturated heterocycles. The van der Waals surface area contributed by atoms with Gasteiger partial charge < -0.3 is 14.4 Å². The van der Waals surface area contributed by atoms with Gasteiger partial charge in [-0.25, -0.2) is 0 Å². The zero-order chi connectivity index (χ0) is 20.9. The van der Waals surface area contributed by atoms with Crippen LogP contribution in [0.5, 0.6) is 11.5 Å². The van der Waals surface area contributed by atoms with Crippen molar-refractivity contribution in [2.24, 2.45) is 0 Å². The second kappa shape index (κ2) is 9.21. The fourth-order valence-electron chi connectivity index (χ4n) is 3.19. The maximum absolute atomic E-state index is 13.0. The van der Waals surface area contributed by atoms with Gasteiger partial charge in [0.05, 0.1) is 20.0 Å². The second-order valence-electron chi connectivity index (χ2n) is 7.07. The zero-order valence-electron chi connectivity index (χ0n) is 17.0. The van der Waals surface area contributed by atoms with Gasteiger partial charge >= 0.3 is 0 Å². The lowest BCUT2D eigenvalue weighted by Crippen LogP contribution is -2.34. The van der Waals surface area contributed by atoms with E-state index >= 15 is 0 Å². The number of hydrogen-bond acceptors (Lipinski definition) is 6. The van der Waals surface area contributed by atoms with Crippen LogP contribution in [0.15, 0.2) is 60.0 Å². The Hall–Kier alpha value is -3.00. The number of methoxy groups -OCH3 is 2. The summed E-state index contributed by atoms with van der Waals surface area (Å²) in [5.41, 5.74) is 2.02. The van der Waals surface area contributed by atoms with E-state index in [2.05, 4.69) is 10.2 Å². The first-order valence-corrected chi connectivity index (χ1v) is 10.8. The van der Waals surface area contributed by atoms with Gasteiger partial charge in [-0.15, -0.1) is 10.2 Å². The Balaban J connectivity index is 1.41. The molecule has 0 N–H and O–H groups in total.